The van der Waals surface area contributed by atoms with Gasteiger partial charge < -0.3 is 0 Å². The Bertz CT molecular complexity index is 497. The van der Waals surface area contributed by atoms with Crippen LogP contribution in [-0.2, 0) is 0 Å². The zero-order valence-electron chi connectivity index (χ0n) is 7.15. The smallest absolute Gasteiger partial charge is 0.166 e. The van der Waals surface area contributed by atoms with Crippen LogP contribution in [0.3, 0.4) is 0 Å². The van der Waals surface area contributed by atoms with E-state index in [9.17, 15) is 0 Å². The van der Waals surface area contributed by atoms with E-state index < -0.39 is 0 Å². The van der Waals surface area contributed by atoms with Gasteiger partial charge in [0.25, 0.3) is 0 Å². The summed E-state index contributed by atoms with van der Waals surface area (Å²) in [5, 5.41) is 9.77. The summed E-state index contributed by atoms with van der Waals surface area (Å²) in [5.41, 5.74) is 2.12. The summed E-state index contributed by atoms with van der Waals surface area (Å²) in [5.74, 6) is 0. The number of hydrogen-bond acceptors (Lipinski definition) is 3. The van der Waals surface area contributed by atoms with Crippen LogP contribution in [0, 0.1) is 18.3 Å². The SMILES string of the molecule is Cc1cnc(C#N)c2ncccc12. The molecule has 2 aromatic heterocycles. The first-order valence-corrected chi connectivity index (χ1v) is 3.93. The average molecular weight is 169 g/mol. The molecule has 0 saturated heterocycles. The Morgan fingerprint density at radius 3 is 3.00 bits per heavy atom. The van der Waals surface area contributed by atoms with Crippen LogP contribution in [-0.4, -0.2) is 9.97 Å². The van der Waals surface area contributed by atoms with E-state index in [2.05, 4.69) is 9.97 Å². The van der Waals surface area contributed by atoms with Gasteiger partial charge in [-0.3, -0.25) is 4.98 Å². The van der Waals surface area contributed by atoms with Crippen molar-refractivity contribution in [2.75, 3.05) is 0 Å². The number of nitrogens with zero attached hydrogens (tertiary/aromatic N) is 3. The fourth-order valence-electron chi connectivity index (χ4n) is 1.29. The van der Waals surface area contributed by atoms with E-state index in [0.717, 1.165) is 10.9 Å². The number of fused-ring (bicyclic) bond motifs is 1. The lowest BCUT2D eigenvalue weighted by molar-refractivity contribution is 1.23. The minimum absolute atomic E-state index is 0.390. The topological polar surface area (TPSA) is 49.6 Å². The van der Waals surface area contributed by atoms with E-state index >= 15 is 0 Å². The maximum Gasteiger partial charge on any atom is 0.166 e. The van der Waals surface area contributed by atoms with E-state index in [-0.39, 0.29) is 0 Å². The maximum atomic E-state index is 8.77. The van der Waals surface area contributed by atoms with Gasteiger partial charge in [-0.2, -0.15) is 5.26 Å². The highest BCUT2D eigenvalue weighted by Crippen LogP contribution is 2.16. The Morgan fingerprint density at radius 2 is 2.23 bits per heavy atom. The Hall–Kier alpha value is -1.95. The first kappa shape index (κ1) is 7.69. The van der Waals surface area contributed by atoms with Gasteiger partial charge in [-0.1, -0.05) is 6.07 Å². The molecule has 0 radical (unpaired) electrons. The molecule has 2 heterocycles. The monoisotopic (exact) mass is 169 g/mol. The fourth-order valence-corrected chi connectivity index (χ4v) is 1.29. The molecule has 0 spiro atoms. The highest BCUT2D eigenvalue weighted by atomic mass is 14.7. The second-order valence-electron chi connectivity index (χ2n) is 2.80. The third-order valence-corrected chi connectivity index (χ3v) is 1.95. The molecule has 62 valence electrons. The van der Waals surface area contributed by atoms with Crippen LogP contribution >= 0.6 is 0 Å². The number of aromatic nitrogens is 2. The Balaban J connectivity index is 2.95. The van der Waals surface area contributed by atoms with Crippen molar-refractivity contribution in [2.45, 2.75) is 6.92 Å². The van der Waals surface area contributed by atoms with Crippen molar-refractivity contribution in [1.82, 2.24) is 9.97 Å². The minimum Gasteiger partial charge on any atom is -0.253 e. The van der Waals surface area contributed by atoms with Crippen molar-refractivity contribution in [3.63, 3.8) is 0 Å². The van der Waals surface area contributed by atoms with Crippen LogP contribution in [0.5, 0.6) is 0 Å². The van der Waals surface area contributed by atoms with Crippen LogP contribution in [0.25, 0.3) is 10.9 Å². The molecule has 0 bridgehead atoms. The predicted molar refractivity (Wildman–Crippen MR) is 49.0 cm³/mol. The summed E-state index contributed by atoms with van der Waals surface area (Å²) >= 11 is 0. The lowest BCUT2D eigenvalue weighted by Gasteiger charge is -2.00. The van der Waals surface area contributed by atoms with Gasteiger partial charge in [0.15, 0.2) is 5.69 Å². The lowest BCUT2D eigenvalue weighted by atomic mass is 10.1. The van der Waals surface area contributed by atoms with Crippen molar-refractivity contribution in [3.05, 3.63) is 35.8 Å². The maximum absolute atomic E-state index is 8.77. The molecule has 2 rings (SSSR count). The summed E-state index contributed by atoms with van der Waals surface area (Å²) in [6.07, 6.45) is 3.37. The van der Waals surface area contributed by atoms with Crippen LogP contribution in [0.1, 0.15) is 11.3 Å². The molecule has 0 saturated carbocycles. The fraction of sp³-hybridized carbons (Fsp3) is 0.100. The van der Waals surface area contributed by atoms with Gasteiger partial charge in [0.2, 0.25) is 0 Å². The number of nitriles is 1. The molecule has 3 nitrogen and oxygen atoms in total. The van der Waals surface area contributed by atoms with Crippen molar-refractivity contribution in [1.29, 1.82) is 5.26 Å². The first-order valence-electron chi connectivity index (χ1n) is 3.93. The molecule has 0 aliphatic rings. The van der Waals surface area contributed by atoms with Gasteiger partial charge in [0, 0.05) is 17.8 Å². The van der Waals surface area contributed by atoms with Gasteiger partial charge in [0.1, 0.15) is 11.6 Å². The van der Waals surface area contributed by atoms with E-state index in [0.29, 0.717) is 11.2 Å². The molecule has 3 heteroatoms. The van der Waals surface area contributed by atoms with Crippen LogP contribution in [0.2, 0.25) is 0 Å². The zero-order valence-corrected chi connectivity index (χ0v) is 7.15. The van der Waals surface area contributed by atoms with E-state index in [4.69, 9.17) is 5.26 Å². The van der Waals surface area contributed by atoms with E-state index in [1.54, 1.807) is 12.4 Å². The van der Waals surface area contributed by atoms with Gasteiger partial charge in [-0.25, -0.2) is 4.98 Å². The van der Waals surface area contributed by atoms with Crippen molar-refractivity contribution < 1.29 is 0 Å². The zero-order chi connectivity index (χ0) is 9.26. The molecule has 0 aromatic carbocycles. The van der Waals surface area contributed by atoms with Crippen LogP contribution in [0.4, 0.5) is 0 Å². The molecule has 0 atom stereocenters. The first-order chi connectivity index (χ1) is 6.33. The second-order valence-corrected chi connectivity index (χ2v) is 2.80. The largest absolute Gasteiger partial charge is 0.253 e. The standard InChI is InChI=1S/C10H7N3/c1-7-6-13-9(5-11)10-8(7)3-2-4-12-10/h2-4,6H,1H3. The highest BCUT2D eigenvalue weighted by molar-refractivity contribution is 5.84. The van der Waals surface area contributed by atoms with Crippen molar-refractivity contribution in [3.8, 4) is 6.07 Å². The number of pyridine rings is 2. The molecule has 0 amide bonds. The Morgan fingerprint density at radius 1 is 1.38 bits per heavy atom. The predicted octanol–water partition coefficient (Wildman–Crippen LogP) is 1.81. The average Bonchev–Trinajstić information content (AvgIpc) is 2.19. The minimum atomic E-state index is 0.390. The quantitative estimate of drug-likeness (QED) is 0.604. The van der Waals surface area contributed by atoms with Gasteiger partial charge in [-0.05, 0) is 18.6 Å². The third kappa shape index (κ3) is 1.13. The Labute approximate surface area is 75.7 Å². The molecule has 0 aliphatic carbocycles. The second kappa shape index (κ2) is 2.83. The summed E-state index contributed by atoms with van der Waals surface area (Å²) < 4.78 is 0. The normalized spacial score (nSPS) is 9.85. The summed E-state index contributed by atoms with van der Waals surface area (Å²) in [6.45, 7) is 1.96. The van der Waals surface area contributed by atoms with Crippen molar-refractivity contribution in [2.24, 2.45) is 0 Å². The molecule has 0 N–H and O–H groups in total. The summed E-state index contributed by atoms with van der Waals surface area (Å²) in [4.78, 5) is 8.13. The number of rotatable bonds is 0. The van der Waals surface area contributed by atoms with Gasteiger partial charge in [-0.15, -0.1) is 0 Å². The van der Waals surface area contributed by atoms with E-state index in [1.165, 1.54) is 0 Å². The molecular weight excluding hydrogens is 162 g/mol. The third-order valence-electron chi connectivity index (χ3n) is 1.95. The molecular formula is C10H7N3. The highest BCUT2D eigenvalue weighted by Gasteiger charge is 2.03. The molecule has 2 aromatic rings. The number of hydrogen-bond donors (Lipinski definition) is 0. The molecule has 0 unspecified atom stereocenters. The molecule has 0 aliphatic heterocycles. The molecule has 13 heavy (non-hydrogen) atoms. The van der Waals surface area contributed by atoms with Crippen molar-refractivity contribution >= 4 is 10.9 Å². The van der Waals surface area contributed by atoms with Crippen LogP contribution < -0.4 is 0 Å². The van der Waals surface area contributed by atoms with Crippen LogP contribution in [0.15, 0.2) is 24.5 Å². The van der Waals surface area contributed by atoms with Gasteiger partial charge in [0.05, 0.1) is 0 Å². The lowest BCUT2D eigenvalue weighted by Crippen LogP contribution is -1.90. The summed E-state index contributed by atoms with van der Waals surface area (Å²) in [7, 11) is 0. The van der Waals surface area contributed by atoms with E-state index in [1.807, 2.05) is 25.1 Å². The number of aryl methyl sites for hydroxylation is 1. The molecule has 0 fully saturated rings. The summed E-state index contributed by atoms with van der Waals surface area (Å²) in [6, 6.07) is 5.83. The van der Waals surface area contributed by atoms with Gasteiger partial charge >= 0.3 is 0 Å². The Kier molecular flexibility index (Phi) is 1.67.